The van der Waals surface area contributed by atoms with Gasteiger partial charge in [0.15, 0.2) is 0 Å². The van der Waals surface area contributed by atoms with Crippen molar-refractivity contribution < 1.29 is 5.11 Å². The SMILES string of the molecule is CNc1cc2c(s1)C(O)CCC2. The average Bonchev–Trinajstić information content (AvgIpc) is 2.49. The summed E-state index contributed by atoms with van der Waals surface area (Å²) in [5.41, 5.74) is 1.34. The zero-order chi connectivity index (χ0) is 8.55. The topological polar surface area (TPSA) is 32.3 Å². The Morgan fingerprint density at radius 1 is 1.67 bits per heavy atom. The molecule has 12 heavy (non-hydrogen) atoms. The molecule has 0 saturated heterocycles. The second-order valence-corrected chi connectivity index (χ2v) is 4.24. The molecule has 1 heterocycles. The van der Waals surface area contributed by atoms with Crippen molar-refractivity contribution in [3.05, 3.63) is 16.5 Å². The molecule has 0 saturated carbocycles. The number of anilines is 1. The van der Waals surface area contributed by atoms with Crippen LogP contribution < -0.4 is 5.32 Å². The van der Waals surface area contributed by atoms with Crippen LogP contribution in [0, 0.1) is 0 Å². The molecule has 2 N–H and O–H groups in total. The zero-order valence-corrected chi connectivity index (χ0v) is 7.95. The van der Waals surface area contributed by atoms with Crippen molar-refractivity contribution in [1.82, 2.24) is 0 Å². The van der Waals surface area contributed by atoms with Crippen LogP contribution in [0.5, 0.6) is 0 Å². The van der Waals surface area contributed by atoms with Crippen molar-refractivity contribution in [1.29, 1.82) is 0 Å². The first kappa shape index (κ1) is 8.08. The van der Waals surface area contributed by atoms with E-state index in [0.29, 0.717) is 0 Å². The molecule has 1 aliphatic rings. The number of rotatable bonds is 1. The Labute approximate surface area is 76.2 Å². The molecule has 2 nitrogen and oxygen atoms in total. The fraction of sp³-hybridized carbons (Fsp3) is 0.556. The van der Waals surface area contributed by atoms with Crippen molar-refractivity contribution in [2.75, 3.05) is 12.4 Å². The van der Waals surface area contributed by atoms with Gasteiger partial charge in [0.05, 0.1) is 11.1 Å². The van der Waals surface area contributed by atoms with E-state index in [0.717, 1.165) is 19.3 Å². The van der Waals surface area contributed by atoms with Crippen LogP contribution in [0.15, 0.2) is 6.07 Å². The third-order valence-corrected chi connectivity index (χ3v) is 3.61. The van der Waals surface area contributed by atoms with Gasteiger partial charge < -0.3 is 10.4 Å². The minimum atomic E-state index is -0.208. The van der Waals surface area contributed by atoms with Crippen LogP contribution in [-0.2, 0) is 6.42 Å². The van der Waals surface area contributed by atoms with Gasteiger partial charge in [0.25, 0.3) is 0 Å². The highest BCUT2D eigenvalue weighted by molar-refractivity contribution is 7.16. The van der Waals surface area contributed by atoms with E-state index in [1.165, 1.54) is 15.4 Å². The summed E-state index contributed by atoms with van der Waals surface area (Å²) < 4.78 is 0. The summed E-state index contributed by atoms with van der Waals surface area (Å²) in [6, 6.07) is 2.16. The Balaban J connectivity index is 2.37. The number of aryl methyl sites for hydroxylation is 1. The number of fused-ring (bicyclic) bond motifs is 1. The van der Waals surface area contributed by atoms with Crippen LogP contribution in [0.3, 0.4) is 0 Å². The Kier molecular flexibility index (Phi) is 2.07. The number of hydrogen-bond acceptors (Lipinski definition) is 3. The second kappa shape index (κ2) is 3.07. The number of aliphatic hydroxyl groups excluding tert-OH is 1. The van der Waals surface area contributed by atoms with E-state index in [1.54, 1.807) is 11.3 Å². The summed E-state index contributed by atoms with van der Waals surface area (Å²) in [5.74, 6) is 0. The summed E-state index contributed by atoms with van der Waals surface area (Å²) in [4.78, 5) is 1.17. The number of hydrogen-bond donors (Lipinski definition) is 2. The van der Waals surface area contributed by atoms with E-state index in [1.807, 2.05) is 7.05 Å². The van der Waals surface area contributed by atoms with Gasteiger partial charge in [-0.2, -0.15) is 0 Å². The number of aliphatic hydroxyl groups is 1. The summed E-state index contributed by atoms with van der Waals surface area (Å²) in [7, 11) is 1.92. The summed E-state index contributed by atoms with van der Waals surface area (Å²) >= 11 is 1.68. The molecule has 66 valence electrons. The molecule has 1 atom stereocenters. The number of nitrogens with one attached hydrogen (secondary N) is 1. The first-order valence-corrected chi connectivity index (χ1v) is 5.11. The molecule has 0 bridgehead atoms. The van der Waals surface area contributed by atoms with Crippen LogP contribution in [0.25, 0.3) is 0 Å². The standard InChI is InChI=1S/C9H13NOS/c1-10-8-5-6-3-2-4-7(11)9(6)12-8/h5,7,10-11H,2-4H2,1H3. The first-order chi connectivity index (χ1) is 5.81. The Morgan fingerprint density at radius 3 is 3.17 bits per heavy atom. The quantitative estimate of drug-likeness (QED) is 0.699. The van der Waals surface area contributed by atoms with Gasteiger partial charge in [0.1, 0.15) is 0 Å². The fourth-order valence-corrected chi connectivity index (χ4v) is 2.75. The van der Waals surface area contributed by atoms with E-state index in [-0.39, 0.29) is 6.10 Å². The molecule has 0 fully saturated rings. The summed E-state index contributed by atoms with van der Waals surface area (Å²) in [5, 5.41) is 13.9. The molecular formula is C9H13NOS. The minimum Gasteiger partial charge on any atom is -0.388 e. The van der Waals surface area contributed by atoms with Crippen LogP contribution >= 0.6 is 11.3 Å². The molecule has 0 aromatic carbocycles. The van der Waals surface area contributed by atoms with E-state index < -0.39 is 0 Å². The Bertz CT molecular complexity index is 282. The summed E-state index contributed by atoms with van der Waals surface area (Å²) in [6.45, 7) is 0. The Morgan fingerprint density at radius 2 is 2.50 bits per heavy atom. The molecule has 1 aliphatic carbocycles. The predicted octanol–water partition coefficient (Wildman–Crippen LogP) is 2.16. The molecule has 0 spiro atoms. The lowest BCUT2D eigenvalue weighted by molar-refractivity contribution is 0.161. The molecule has 1 aromatic rings. The lowest BCUT2D eigenvalue weighted by Crippen LogP contribution is -2.04. The van der Waals surface area contributed by atoms with Crippen molar-refractivity contribution in [3.8, 4) is 0 Å². The van der Waals surface area contributed by atoms with Gasteiger partial charge in [-0.15, -0.1) is 11.3 Å². The molecule has 3 heteroatoms. The minimum absolute atomic E-state index is 0.208. The van der Waals surface area contributed by atoms with E-state index in [2.05, 4.69) is 11.4 Å². The fourth-order valence-electron chi connectivity index (χ4n) is 1.66. The lowest BCUT2D eigenvalue weighted by atomic mass is 9.97. The van der Waals surface area contributed by atoms with Crippen LogP contribution in [0.4, 0.5) is 5.00 Å². The Hall–Kier alpha value is -0.540. The monoisotopic (exact) mass is 183 g/mol. The first-order valence-electron chi connectivity index (χ1n) is 4.29. The molecule has 1 unspecified atom stereocenters. The van der Waals surface area contributed by atoms with Crippen LogP contribution in [0.1, 0.15) is 29.4 Å². The van der Waals surface area contributed by atoms with E-state index in [9.17, 15) is 5.11 Å². The molecule has 0 radical (unpaired) electrons. The smallest absolute Gasteiger partial charge is 0.0886 e. The van der Waals surface area contributed by atoms with Gasteiger partial charge >= 0.3 is 0 Å². The van der Waals surface area contributed by atoms with Gasteiger partial charge in [0, 0.05) is 11.9 Å². The van der Waals surface area contributed by atoms with E-state index >= 15 is 0 Å². The van der Waals surface area contributed by atoms with Gasteiger partial charge in [-0.3, -0.25) is 0 Å². The maximum atomic E-state index is 9.65. The highest BCUT2D eigenvalue weighted by Gasteiger charge is 2.20. The normalized spacial score (nSPS) is 22.0. The largest absolute Gasteiger partial charge is 0.388 e. The number of thiophene rings is 1. The third kappa shape index (κ3) is 1.23. The van der Waals surface area contributed by atoms with Gasteiger partial charge in [-0.25, -0.2) is 0 Å². The van der Waals surface area contributed by atoms with Crippen molar-refractivity contribution in [2.24, 2.45) is 0 Å². The average molecular weight is 183 g/mol. The highest BCUT2D eigenvalue weighted by Crippen LogP contribution is 2.38. The van der Waals surface area contributed by atoms with Crippen LogP contribution in [-0.4, -0.2) is 12.2 Å². The third-order valence-electron chi connectivity index (χ3n) is 2.31. The van der Waals surface area contributed by atoms with Crippen molar-refractivity contribution >= 4 is 16.3 Å². The summed E-state index contributed by atoms with van der Waals surface area (Å²) in [6.07, 6.45) is 2.97. The van der Waals surface area contributed by atoms with Crippen molar-refractivity contribution in [3.63, 3.8) is 0 Å². The molecule has 0 amide bonds. The van der Waals surface area contributed by atoms with E-state index in [4.69, 9.17) is 0 Å². The maximum Gasteiger partial charge on any atom is 0.0886 e. The van der Waals surface area contributed by atoms with Gasteiger partial charge in [-0.1, -0.05) is 0 Å². The molecule has 1 aromatic heterocycles. The van der Waals surface area contributed by atoms with Gasteiger partial charge in [-0.05, 0) is 30.9 Å². The van der Waals surface area contributed by atoms with Crippen molar-refractivity contribution in [2.45, 2.75) is 25.4 Å². The molecule has 2 rings (SSSR count). The van der Waals surface area contributed by atoms with Crippen LogP contribution in [0.2, 0.25) is 0 Å². The zero-order valence-electron chi connectivity index (χ0n) is 7.13. The maximum absolute atomic E-state index is 9.65. The molecular weight excluding hydrogens is 170 g/mol. The second-order valence-electron chi connectivity index (χ2n) is 3.16. The molecule has 0 aliphatic heterocycles. The highest BCUT2D eigenvalue weighted by atomic mass is 32.1. The lowest BCUT2D eigenvalue weighted by Gasteiger charge is -2.16. The van der Waals surface area contributed by atoms with Gasteiger partial charge in [0.2, 0.25) is 0 Å². The predicted molar refractivity (Wildman–Crippen MR) is 51.8 cm³/mol.